The molecular formula is C8H16O4. The van der Waals surface area contributed by atoms with Crippen molar-refractivity contribution in [3.8, 4) is 0 Å². The average molecular weight is 176 g/mol. The van der Waals surface area contributed by atoms with E-state index in [0.717, 1.165) is 0 Å². The first-order chi connectivity index (χ1) is 5.70. The Kier molecular flexibility index (Phi) is 6.70. The summed E-state index contributed by atoms with van der Waals surface area (Å²) < 4.78 is 9.60. The van der Waals surface area contributed by atoms with Gasteiger partial charge in [0.25, 0.3) is 0 Å². The van der Waals surface area contributed by atoms with Gasteiger partial charge in [0.1, 0.15) is 6.61 Å². The predicted octanol–water partition coefficient (Wildman–Crippen LogP) is 0.194. The summed E-state index contributed by atoms with van der Waals surface area (Å²) in [7, 11) is 0. The summed E-state index contributed by atoms with van der Waals surface area (Å²) in [5.41, 5.74) is 0. The van der Waals surface area contributed by atoms with E-state index < -0.39 is 0 Å². The third-order valence-electron chi connectivity index (χ3n) is 1.24. The quantitative estimate of drug-likeness (QED) is 0.587. The third kappa shape index (κ3) is 6.12. The van der Waals surface area contributed by atoms with E-state index in [1.807, 2.05) is 6.92 Å². The van der Waals surface area contributed by atoms with Crippen LogP contribution in [0.1, 0.15) is 13.8 Å². The van der Waals surface area contributed by atoms with E-state index in [1.54, 1.807) is 6.92 Å². The summed E-state index contributed by atoms with van der Waals surface area (Å²) in [6.45, 7) is 4.38. The molecule has 12 heavy (non-hydrogen) atoms. The van der Waals surface area contributed by atoms with Gasteiger partial charge in [-0.15, -0.1) is 0 Å². The number of esters is 1. The molecule has 0 fully saturated rings. The van der Waals surface area contributed by atoms with Crippen molar-refractivity contribution in [3.63, 3.8) is 0 Å². The van der Waals surface area contributed by atoms with E-state index in [2.05, 4.69) is 4.74 Å². The van der Waals surface area contributed by atoms with E-state index >= 15 is 0 Å². The van der Waals surface area contributed by atoms with Gasteiger partial charge in [0.2, 0.25) is 0 Å². The molecule has 0 saturated carbocycles. The van der Waals surface area contributed by atoms with E-state index in [4.69, 9.17) is 9.84 Å². The smallest absolute Gasteiger partial charge is 0.332 e. The number of carbonyl (C=O) groups excluding carboxylic acids is 1. The largest absolute Gasteiger partial charge is 0.464 e. The molecular weight excluding hydrogens is 160 g/mol. The zero-order valence-corrected chi connectivity index (χ0v) is 7.58. The van der Waals surface area contributed by atoms with Crippen LogP contribution in [0, 0.1) is 5.92 Å². The maximum atomic E-state index is 10.7. The van der Waals surface area contributed by atoms with Crippen LogP contribution >= 0.6 is 0 Å². The number of ether oxygens (including phenoxy) is 2. The number of aliphatic hydroxyl groups excluding tert-OH is 1. The van der Waals surface area contributed by atoms with Gasteiger partial charge >= 0.3 is 5.97 Å². The third-order valence-corrected chi connectivity index (χ3v) is 1.24. The molecule has 0 rings (SSSR count). The number of hydrogen-bond acceptors (Lipinski definition) is 4. The second-order valence-electron chi connectivity index (χ2n) is 2.61. The molecule has 0 spiro atoms. The van der Waals surface area contributed by atoms with Crippen LogP contribution in [0.25, 0.3) is 0 Å². The highest BCUT2D eigenvalue weighted by Crippen LogP contribution is 1.93. The van der Waals surface area contributed by atoms with Gasteiger partial charge in [-0.2, -0.15) is 0 Å². The summed E-state index contributed by atoms with van der Waals surface area (Å²) >= 11 is 0. The van der Waals surface area contributed by atoms with Gasteiger partial charge < -0.3 is 14.6 Å². The second-order valence-corrected chi connectivity index (χ2v) is 2.61. The highest BCUT2D eigenvalue weighted by molar-refractivity contribution is 5.70. The van der Waals surface area contributed by atoms with Gasteiger partial charge in [-0.1, -0.05) is 6.92 Å². The molecule has 0 saturated heterocycles. The van der Waals surface area contributed by atoms with Crippen LogP contribution in [0.4, 0.5) is 0 Å². The second kappa shape index (κ2) is 7.06. The van der Waals surface area contributed by atoms with Crippen LogP contribution in [0.5, 0.6) is 0 Å². The van der Waals surface area contributed by atoms with Gasteiger partial charge in [-0.3, -0.25) is 0 Å². The summed E-state index contributed by atoms with van der Waals surface area (Å²) in [4.78, 5) is 10.7. The van der Waals surface area contributed by atoms with E-state index in [0.29, 0.717) is 13.2 Å². The number of carbonyl (C=O) groups is 1. The molecule has 1 atom stereocenters. The van der Waals surface area contributed by atoms with Gasteiger partial charge in [0, 0.05) is 12.5 Å². The van der Waals surface area contributed by atoms with Crippen LogP contribution in [-0.2, 0) is 14.3 Å². The molecule has 4 heteroatoms. The average Bonchev–Trinajstić information content (AvgIpc) is 2.04. The van der Waals surface area contributed by atoms with Crippen LogP contribution < -0.4 is 0 Å². The molecule has 72 valence electrons. The molecule has 4 nitrogen and oxygen atoms in total. The molecule has 0 aromatic rings. The molecule has 0 amide bonds. The van der Waals surface area contributed by atoms with Crippen LogP contribution in [0.15, 0.2) is 0 Å². The highest BCUT2D eigenvalue weighted by atomic mass is 16.6. The molecule has 0 bridgehead atoms. The van der Waals surface area contributed by atoms with E-state index in [1.165, 1.54) is 0 Å². The Balaban J connectivity index is 3.24. The van der Waals surface area contributed by atoms with Crippen molar-refractivity contribution in [2.45, 2.75) is 13.8 Å². The molecule has 0 radical (unpaired) electrons. The van der Waals surface area contributed by atoms with E-state index in [9.17, 15) is 4.79 Å². The first-order valence-corrected chi connectivity index (χ1v) is 4.05. The fraction of sp³-hybridized carbons (Fsp3) is 0.875. The SMILES string of the molecule is CCOC(=O)COC[C@@H](C)CO. The normalized spacial score (nSPS) is 12.6. The first kappa shape index (κ1) is 11.4. The Morgan fingerprint density at radius 3 is 2.75 bits per heavy atom. The molecule has 0 aromatic carbocycles. The Morgan fingerprint density at radius 2 is 2.25 bits per heavy atom. The maximum absolute atomic E-state index is 10.7. The van der Waals surface area contributed by atoms with Crippen molar-refractivity contribution in [2.75, 3.05) is 26.4 Å². The fourth-order valence-corrected chi connectivity index (χ4v) is 0.599. The summed E-state index contributed by atoms with van der Waals surface area (Å²) in [6, 6.07) is 0. The summed E-state index contributed by atoms with van der Waals surface area (Å²) in [5.74, 6) is -0.290. The minimum atomic E-state index is -0.359. The topological polar surface area (TPSA) is 55.8 Å². The van der Waals surface area contributed by atoms with Gasteiger partial charge in [-0.25, -0.2) is 4.79 Å². The standard InChI is InChI=1S/C8H16O4/c1-3-12-8(10)6-11-5-7(2)4-9/h7,9H,3-6H2,1-2H3/t7-/m0/s1. The van der Waals surface area contributed by atoms with Crippen molar-refractivity contribution in [2.24, 2.45) is 5.92 Å². The zero-order chi connectivity index (χ0) is 9.40. The maximum Gasteiger partial charge on any atom is 0.332 e. The lowest BCUT2D eigenvalue weighted by Gasteiger charge is -2.07. The van der Waals surface area contributed by atoms with E-state index in [-0.39, 0.29) is 25.1 Å². The Morgan fingerprint density at radius 1 is 1.58 bits per heavy atom. The van der Waals surface area contributed by atoms with Crippen molar-refractivity contribution < 1.29 is 19.4 Å². The zero-order valence-electron chi connectivity index (χ0n) is 7.58. The fourth-order valence-electron chi connectivity index (χ4n) is 0.599. The van der Waals surface area contributed by atoms with Gasteiger partial charge in [0.05, 0.1) is 13.2 Å². The molecule has 0 aliphatic rings. The lowest BCUT2D eigenvalue weighted by molar-refractivity contribution is -0.148. The predicted molar refractivity (Wildman–Crippen MR) is 43.7 cm³/mol. The summed E-state index contributed by atoms with van der Waals surface area (Å²) in [6.07, 6.45) is 0. The molecule has 0 aromatic heterocycles. The molecule has 0 unspecified atom stereocenters. The molecule has 0 aliphatic carbocycles. The Bertz CT molecular complexity index is 124. The molecule has 0 heterocycles. The lowest BCUT2D eigenvalue weighted by atomic mass is 10.2. The van der Waals surface area contributed by atoms with Gasteiger partial charge in [-0.05, 0) is 6.92 Å². The number of rotatable bonds is 6. The van der Waals surface area contributed by atoms with Crippen molar-refractivity contribution in [1.29, 1.82) is 0 Å². The highest BCUT2D eigenvalue weighted by Gasteiger charge is 2.03. The Hall–Kier alpha value is -0.610. The van der Waals surface area contributed by atoms with Crippen molar-refractivity contribution >= 4 is 5.97 Å². The van der Waals surface area contributed by atoms with Crippen LogP contribution in [0.3, 0.4) is 0 Å². The first-order valence-electron chi connectivity index (χ1n) is 4.05. The lowest BCUT2D eigenvalue weighted by Crippen LogP contribution is -2.17. The minimum absolute atomic E-state index is 0.0296. The number of hydrogen-bond donors (Lipinski definition) is 1. The number of aliphatic hydroxyl groups is 1. The van der Waals surface area contributed by atoms with Gasteiger partial charge in [0.15, 0.2) is 0 Å². The Labute approximate surface area is 72.5 Å². The van der Waals surface area contributed by atoms with Crippen LogP contribution in [-0.4, -0.2) is 37.5 Å². The minimum Gasteiger partial charge on any atom is -0.464 e. The molecule has 0 aliphatic heterocycles. The molecule has 1 N–H and O–H groups in total. The van der Waals surface area contributed by atoms with Crippen molar-refractivity contribution in [3.05, 3.63) is 0 Å². The van der Waals surface area contributed by atoms with Crippen molar-refractivity contribution in [1.82, 2.24) is 0 Å². The monoisotopic (exact) mass is 176 g/mol. The van der Waals surface area contributed by atoms with Crippen LogP contribution in [0.2, 0.25) is 0 Å². The summed E-state index contributed by atoms with van der Waals surface area (Å²) in [5, 5.41) is 8.61.